The summed E-state index contributed by atoms with van der Waals surface area (Å²) in [6.07, 6.45) is 7.45. The van der Waals surface area contributed by atoms with Gasteiger partial charge in [0.1, 0.15) is 23.2 Å². The minimum Gasteiger partial charge on any atom is -0.494 e. The molecule has 3 rings (SSSR count). The van der Waals surface area contributed by atoms with Crippen molar-refractivity contribution in [1.82, 2.24) is 4.98 Å². The molecule has 0 fully saturated rings. The highest BCUT2D eigenvalue weighted by Crippen LogP contribution is 2.32. The largest absolute Gasteiger partial charge is 0.494 e. The SMILES string of the molecule is CCCCCCCCOc1ccc(-c2cc(-c3ccc(Br)cc3)nc(N)c2C#N)cc1. The molecular formula is C26H28BrN3O. The minimum absolute atomic E-state index is 0.237. The molecule has 1 heterocycles. The molecule has 0 aliphatic heterocycles. The lowest BCUT2D eigenvalue weighted by molar-refractivity contribution is 0.304. The topological polar surface area (TPSA) is 71.9 Å². The van der Waals surface area contributed by atoms with Crippen LogP contribution >= 0.6 is 15.9 Å². The lowest BCUT2D eigenvalue weighted by Gasteiger charge is -2.11. The molecule has 0 spiro atoms. The number of hydrogen-bond acceptors (Lipinski definition) is 4. The van der Waals surface area contributed by atoms with Crippen LogP contribution in [0, 0.1) is 11.3 Å². The summed E-state index contributed by atoms with van der Waals surface area (Å²) in [7, 11) is 0. The lowest BCUT2D eigenvalue weighted by atomic mass is 9.98. The van der Waals surface area contributed by atoms with E-state index in [0.29, 0.717) is 5.56 Å². The normalized spacial score (nSPS) is 10.6. The highest BCUT2D eigenvalue weighted by atomic mass is 79.9. The maximum atomic E-state index is 9.63. The van der Waals surface area contributed by atoms with Gasteiger partial charge in [-0.05, 0) is 42.3 Å². The summed E-state index contributed by atoms with van der Waals surface area (Å²) in [5.41, 5.74) is 9.88. The number of unbranched alkanes of at least 4 members (excludes halogenated alkanes) is 5. The van der Waals surface area contributed by atoms with Crippen LogP contribution < -0.4 is 10.5 Å². The van der Waals surface area contributed by atoms with Crippen LogP contribution in [0.2, 0.25) is 0 Å². The van der Waals surface area contributed by atoms with Crippen LogP contribution in [0.3, 0.4) is 0 Å². The second-order valence-electron chi connectivity index (χ2n) is 7.57. The molecule has 31 heavy (non-hydrogen) atoms. The standard InChI is InChI=1S/C26H28BrN3O/c1-2-3-4-5-6-7-16-31-22-14-10-19(11-15-22)23-17-25(30-26(29)24(23)18-28)20-8-12-21(27)13-9-20/h8-15,17H,2-7,16H2,1H3,(H2,29,30). The van der Waals surface area contributed by atoms with E-state index in [4.69, 9.17) is 10.5 Å². The molecule has 160 valence electrons. The van der Waals surface area contributed by atoms with E-state index in [-0.39, 0.29) is 5.82 Å². The molecule has 3 aromatic rings. The van der Waals surface area contributed by atoms with Gasteiger partial charge in [-0.25, -0.2) is 4.98 Å². The van der Waals surface area contributed by atoms with E-state index >= 15 is 0 Å². The van der Waals surface area contributed by atoms with Crippen molar-refractivity contribution in [1.29, 1.82) is 5.26 Å². The number of nitrogen functional groups attached to an aromatic ring is 1. The molecule has 1 aromatic heterocycles. The van der Waals surface area contributed by atoms with Crippen molar-refractivity contribution in [2.45, 2.75) is 45.4 Å². The Morgan fingerprint density at radius 3 is 2.26 bits per heavy atom. The smallest absolute Gasteiger partial charge is 0.142 e. The summed E-state index contributed by atoms with van der Waals surface area (Å²) in [6, 6.07) is 19.8. The number of aromatic nitrogens is 1. The predicted octanol–water partition coefficient (Wildman–Crippen LogP) is 7.37. The van der Waals surface area contributed by atoms with E-state index in [1.54, 1.807) is 0 Å². The second-order valence-corrected chi connectivity index (χ2v) is 8.49. The van der Waals surface area contributed by atoms with Crippen LogP contribution in [-0.2, 0) is 0 Å². The molecule has 0 saturated heterocycles. The lowest BCUT2D eigenvalue weighted by Crippen LogP contribution is -2.00. The molecule has 0 saturated carbocycles. The van der Waals surface area contributed by atoms with Crippen LogP contribution in [0.1, 0.15) is 51.0 Å². The second kappa shape index (κ2) is 11.5. The number of pyridine rings is 1. The van der Waals surface area contributed by atoms with Gasteiger partial charge in [-0.15, -0.1) is 0 Å². The molecule has 0 unspecified atom stereocenters. The van der Waals surface area contributed by atoms with Crippen LogP contribution in [0.15, 0.2) is 59.1 Å². The van der Waals surface area contributed by atoms with Gasteiger partial charge in [-0.3, -0.25) is 0 Å². The zero-order chi connectivity index (χ0) is 22.1. The molecule has 0 bridgehead atoms. The van der Waals surface area contributed by atoms with Crippen molar-refractivity contribution in [3.63, 3.8) is 0 Å². The van der Waals surface area contributed by atoms with Gasteiger partial charge in [0.25, 0.3) is 0 Å². The number of hydrogen-bond donors (Lipinski definition) is 1. The average molecular weight is 478 g/mol. The van der Waals surface area contributed by atoms with Gasteiger partial charge in [-0.1, -0.05) is 79.2 Å². The van der Waals surface area contributed by atoms with E-state index in [1.165, 1.54) is 32.1 Å². The molecule has 0 amide bonds. The van der Waals surface area contributed by atoms with Crippen LogP contribution in [0.5, 0.6) is 5.75 Å². The van der Waals surface area contributed by atoms with Crippen LogP contribution in [0.25, 0.3) is 22.4 Å². The molecule has 0 radical (unpaired) electrons. The van der Waals surface area contributed by atoms with E-state index in [1.807, 2.05) is 54.6 Å². The number of nitriles is 1. The van der Waals surface area contributed by atoms with E-state index in [9.17, 15) is 5.26 Å². The fourth-order valence-electron chi connectivity index (χ4n) is 3.48. The van der Waals surface area contributed by atoms with Crippen molar-refractivity contribution < 1.29 is 4.74 Å². The Hall–Kier alpha value is -2.84. The Morgan fingerprint density at radius 2 is 1.58 bits per heavy atom. The molecule has 5 heteroatoms. The third-order valence-electron chi connectivity index (χ3n) is 5.23. The zero-order valence-electron chi connectivity index (χ0n) is 17.9. The van der Waals surface area contributed by atoms with Gasteiger partial charge in [0.05, 0.1) is 12.3 Å². The zero-order valence-corrected chi connectivity index (χ0v) is 19.5. The van der Waals surface area contributed by atoms with Crippen molar-refractivity contribution in [3.8, 4) is 34.2 Å². The van der Waals surface area contributed by atoms with Crippen molar-refractivity contribution in [2.24, 2.45) is 0 Å². The summed E-state index contributed by atoms with van der Waals surface area (Å²) < 4.78 is 6.88. The van der Waals surface area contributed by atoms with Crippen LogP contribution in [0.4, 0.5) is 5.82 Å². The van der Waals surface area contributed by atoms with E-state index in [0.717, 1.165) is 45.6 Å². The number of rotatable bonds is 10. The summed E-state index contributed by atoms with van der Waals surface area (Å²) in [5.74, 6) is 1.08. The summed E-state index contributed by atoms with van der Waals surface area (Å²) in [4.78, 5) is 4.44. The average Bonchev–Trinajstić information content (AvgIpc) is 2.79. The first-order valence-electron chi connectivity index (χ1n) is 10.8. The first-order valence-corrected chi connectivity index (χ1v) is 11.6. The fourth-order valence-corrected chi connectivity index (χ4v) is 3.75. The maximum Gasteiger partial charge on any atom is 0.142 e. The van der Waals surface area contributed by atoms with Crippen molar-refractivity contribution >= 4 is 21.7 Å². The molecule has 0 atom stereocenters. The van der Waals surface area contributed by atoms with Gasteiger partial charge in [0.2, 0.25) is 0 Å². The summed E-state index contributed by atoms with van der Waals surface area (Å²) in [6.45, 7) is 2.96. The Morgan fingerprint density at radius 1 is 0.935 bits per heavy atom. The highest BCUT2D eigenvalue weighted by Gasteiger charge is 2.13. The molecule has 2 N–H and O–H groups in total. The first kappa shape index (κ1) is 22.8. The molecule has 0 aliphatic carbocycles. The fraction of sp³-hybridized carbons (Fsp3) is 0.308. The monoisotopic (exact) mass is 477 g/mol. The van der Waals surface area contributed by atoms with Gasteiger partial charge in [0, 0.05) is 15.6 Å². The summed E-state index contributed by atoms with van der Waals surface area (Å²) >= 11 is 3.45. The van der Waals surface area contributed by atoms with E-state index < -0.39 is 0 Å². The quantitative estimate of drug-likeness (QED) is 0.309. The van der Waals surface area contributed by atoms with E-state index in [2.05, 4.69) is 33.9 Å². The molecule has 0 aliphatic rings. The Bertz CT molecular complexity index is 1020. The van der Waals surface area contributed by atoms with Crippen molar-refractivity contribution in [3.05, 3.63) is 64.6 Å². The third-order valence-corrected chi connectivity index (χ3v) is 5.76. The van der Waals surface area contributed by atoms with Gasteiger partial charge in [-0.2, -0.15) is 5.26 Å². The number of nitrogens with zero attached hydrogens (tertiary/aromatic N) is 2. The predicted molar refractivity (Wildman–Crippen MR) is 131 cm³/mol. The first-order chi connectivity index (χ1) is 15.1. The van der Waals surface area contributed by atoms with Crippen LogP contribution in [-0.4, -0.2) is 11.6 Å². The number of anilines is 1. The number of benzene rings is 2. The molecule has 4 nitrogen and oxygen atoms in total. The van der Waals surface area contributed by atoms with Crippen molar-refractivity contribution in [2.75, 3.05) is 12.3 Å². The summed E-state index contributed by atoms with van der Waals surface area (Å²) in [5, 5.41) is 9.63. The Balaban J connectivity index is 1.73. The van der Waals surface area contributed by atoms with Gasteiger partial charge >= 0.3 is 0 Å². The Labute approximate surface area is 193 Å². The molecule has 2 aromatic carbocycles. The highest BCUT2D eigenvalue weighted by molar-refractivity contribution is 9.10. The Kier molecular flexibility index (Phi) is 8.49. The maximum absolute atomic E-state index is 9.63. The number of halogens is 1. The van der Waals surface area contributed by atoms with Gasteiger partial charge < -0.3 is 10.5 Å². The number of nitrogens with two attached hydrogens (primary N) is 1. The third kappa shape index (κ3) is 6.32. The minimum atomic E-state index is 0.237. The number of ether oxygens (including phenoxy) is 1. The molecular weight excluding hydrogens is 450 g/mol. The van der Waals surface area contributed by atoms with Gasteiger partial charge in [0.15, 0.2) is 0 Å².